The molecule has 15 heavy (non-hydrogen) atoms. The fraction of sp³-hybridized carbons (Fsp3) is 0.700. The summed E-state index contributed by atoms with van der Waals surface area (Å²) < 4.78 is 7.32. The predicted octanol–water partition coefficient (Wildman–Crippen LogP) is 0.658. The summed E-state index contributed by atoms with van der Waals surface area (Å²) in [6.07, 6.45) is 2.17. The maximum atomic E-state index is 5.53. The van der Waals surface area contributed by atoms with Crippen LogP contribution in [0.5, 0.6) is 0 Å². The number of nitrogens with one attached hydrogen (secondary N) is 1. The first-order chi connectivity index (χ1) is 7.04. The van der Waals surface area contributed by atoms with Crippen LogP contribution in [0.2, 0.25) is 0 Å². The molecular formula is C10H20N4O. The molecule has 1 unspecified atom stereocenters. The minimum absolute atomic E-state index is 0.00102. The van der Waals surface area contributed by atoms with Crippen LogP contribution in [-0.2, 0) is 11.8 Å². The number of hydrogen-bond acceptors (Lipinski definition) is 4. The van der Waals surface area contributed by atoms with E-state index in [0.717, 1.165) is 11.3 Å². The molecule has 0 radical (unpaired) electrons. The van der Waals surface area contributed by atoms with Gasteiger partial charge in [0.25, 0.3) is 0 Å². The van der Waals surface area contributed by atoms with Crippen molar-refractivity contribution in [3.05, 3.63) is 17.5 Å². The van der Waals surface area contributed by atoms with Crippen LogP contribution in [0.15, 0.2) is 6.20 Å². The van der Waals surface area contributed by atoms with Crippen molar-refractivity contribution < 1.29 is 4.74 Å². The van der Waals surface area contributed by atoms with Gasteiger partial charge in [0.1, 0.15) is 0 Å². The first kappa shape index (κ1) is 12.2. The van der Waals surface area contributed by atoms with Crippen LogP contribution in [0.1, 0.15) is 31.1 Å². The van der Waals surface area contributed by atoms with Crippen molar-refractivity contribution in [3.8, 4) is 0 Å². The van der Waals surface area contributed by atoms with Crippen LogP contribution in [-0.4, -0.2) is 22.5 Å². The SMILES string of the molecule is Cc1nn(C)cc1C(COC(C)C)NN. The Labute approximate surface area is 90.6 Å². The monoisotopic (exact) mass is 212 g/mol. The summed E-state index contributed by atoms with van der Waals surface area (Å²) in [5.41, 5.74) is 4.81. The van der Waals surface area contributed by atoms with Crippen molar-refractivity contribution in [2.75, 3.05) is 6.61 Å². The first-order valence-electron chi connectivity index (χ1n) is 5.12. The molecule has 0 bridgehead atoms. The van der Waals surface area contributed by atoms with E-state index in [1.165, 1.54) is 0 Å². The Balaban J connectivity index is 2.69. The average molecular weight is 212 g/mol. The molecule has 5 nitrogen and oxygen atoms in total. The van der Waals surface area contributed by atoms with E-state index in [1.807, 2.05) is 34.0 Å². The fourth-order valence-electron chi connectivity index (χ4n) is 1.48. The largest absolute Gasteiger partial charge is 0.377 e. The highest BCUT2D eigenvalue weighted by Gasteiger charge is 2.15. The summed E-state index contributed by atoms with van der Waals surface area (Å²) in [7, 11) is 1.90. The second-order valence-corrected chi connectivity index (χ2v) is 3.94. The molecule has 0 aliphatic rings. The maximum absolute atomic E-state index is 5.53. The summed E-state index contributed by atoms with van der Waals surface area (Å²) in [4.78, 5) is 0. The third kappa shape index (κ3) is 3.30. The molecule has 0 aliphatic carbocycles. The molecule has 1 aromatic rings. The van der Waals surface area contributed by atoms with Crippen LogP contribution in [0, 0.1) is 6.92 Å². The van der Waals surface area contributed by atoms with E-state index >= 15 is 0 Å². The van der Waals surface area contributed by atoms with Crippen molar-refractivity contribution in [1.82, 2.24) is 15.2 Å². The second-order valence-electron chi connectivity index (χ2n) is 3.94. The van der Waals surface area contributed by atoms with Crippen molar-refractivity contribution in [2.24, 2.45) is 12.9 Å². The second kappa shape index (κ2) is 5.25. The Kier molecular flexibility index (Phi) is 4.26. The standard InChI is InChI=1S/C10H20N4O/c1-7(2)15-6-10(12-11)9-5-14(4)13-8(9)3/h5,7,10,12H,6,11H2,1-4H3. The quantitative estimate of drug-likeness (QED) is 0.556. The van der Waals surface area contributed by atoms with Gasteiger partial charge in [0, 0.05) is 18.8 Å². The molecule has 0 spiro atoms. The van der Waals surface area contributed by atoms with Crippen LogP contribution in [0.3, 0.4) is 0 Å². The van der Waals surface area contributed by atoms with Crippen molar-refractivity contribution >= 4 is 0 Å². The Hall–Kier alpha value is -0.910. The lowest BCUT2D eigenvalue weighted by Gasteiger charge is -2.17. The van der Waals surface area contributed by atoms with Crippen molar-refractivity contribution in [3.63, 3.8) is 0 Å². The zero-order valence-corrected chi connectivity index (χ0v) is 9.82. The van der Waals surface area contributed by atoms with Crippen molar-refractivity contribution in [2.45, 2.75) is 32.9 Å². The van der Waals surface area contributed by atoms with Gasteiger partial charge < -0.3 is 4.74 Å². The molecule has 1 aromatic heterocycles. The Morgan fingerprint density at radius 1 is 1.60 bits per heavy atom. The van der Waals surface area contributed by atoms with Crippen molar-refractivity contribution in [1.29, 1.82) is 0 Å². The van der Waals surface area contributed by atoms with Gasteiger partial charge in [0.2, 0.25) is 0 Å². The molecule has 0 saturated heterocycles. The number of hydrazine groups is 1. The third-order valence-corrected chi connectivity index (χ3v) is 2.22. The molecule has 0 amide bonds. The lowest BCUT2D eigenvalue weighted by molar-refractivity contribution is 0.0610. The molecule has 0 fully saturated rings. The van der Waals surface area contributed by atoms with E-state index in [4.69, 9.17) is 10.6 Å². The highest BCUT2D eigenvalue weighted by Crippen LogP contribution is 2.16. The van der Waals surface area contributed by atoms with Crippen LogP contribution in [0.25, 0.3) is 0 Å². The summed E-state index contributed by atoms with van der Waals surface area (Å²) in [6, 6.07) is 0.00102. The van der Waals surface area contributed by atoms with Gasteiger partial charge in [-0.2, -0.15) is 5.10 Å². The van der Waals surface area contributed by atoms with Gasteiger partial charge in [-0.3, -0.25) is 16.0 Å². The molecule has 0 aromatic carbocycles. The summed E-state index contributed by atoms with van der Waals surface area (Å²) in [6.45, 7) is 6.53. The van der Waals surface area contributed by atoms with Crippen LogP contribution < -0.4 is 11.3 Å². The summed E-state index contributed by atoms with van der Waals surface area (Å²) in [5.74, 6) is 5.50. The fourth-order valence-corrected chi connectivity index (χ4v) is 1.48. The van der Waals surface area contributed by atoms with E-state index in [2.05, 4.69) is 10.5 Å². The van der Waals surface area contributed by atoms with Gasteiger partial charge in [-0.1, -0.05) is 0 Å². The van der Waals surface area contributed by atoms with Gasteiger partial charge >= 0.3 is 0 Å². The third-order valence-electron chi connectivity index (χ3n) is 2.22. The topological polar surface area (TPSA) is 65.1 Å². The smallest absolute Gasteiger partial charge is 0.0727 e. The Morgan fingerprint density at radius 3 is 2.67 bits per heavy atom. The molecule has 0 saturated carbocycles. The van der Waals surface area contributed by atoms with E-state index < -0.39 is 0 Å². The minimum atomic E-state index is 0.00102. The van der Waals surface area contributed by atoms with E-state index in [9.17, 15) is 0 Å². The molecule has 0 aliphatic heterocycles. The predicted molar refractivity (Wildman–Crippen MR) is 59.1 cm³/mol. The Bertz CT molecular complexity index is 308. The van der Waals surface area contributed by atoms with Crippen LogP contribution >= 0.6 is 0 Å². The molecule has 86 valence electrons. The number of nitrogens with two attached hydrogens (primary N) is 1. The summed E-state index contributed by atoms with van der Waals surface area (Å²) in [5, 5.41) is 4.27. The Morgan fingerprint density at radius 2 is 2.27 bits per heavy atom. The molecule has 5 heteroatoms. The zero-order chi connectivity index (χ0) is 11.4. The van der Waals surface area contributed by atoms with Gasteiger partial charge in [0.05, 0.1) is 24.4 Å². The number of aryl methyl sites for hydroxylation is 2. The first-order valence-corrected chi connectivity index (χ1v) is 5.12. The normalized spacial score (nSPS) is 13.5. The molecule has 3 N–H and O–H groups in total. The van der Waals surface area contributed by atoms with Gasteiger partial charge in [0.15, 0.2) is 0 Å². The highest BCUT2D eigenvalue weighted by atomic mass is 16.5. The number of hydrogen-bond donors (Lipinski definition) is 2. The molecule has 1 heterocycles. The zero-order valence-electron chi connectivity index (χ0n) is 9.82. The van der Waals surface area contributed by atoms with Gasteiger partial charge in [-0.25, -0.2) is 0 Å². The van der Waals surface area contributed by atoms with E-state index in [-0.39, 0.29) is 12.1 Å². The number of aromatic nitrogens is 2. The highest BCUT2D eigenvalue weighted by molar-refractivity contribution is 5.19. The van der Waals surface area contributed by atoms with E-state index in [0.29, 0.717) is 6.61 Å². The minimum Gasteiger partial charge on any atom is -0.377 e. The van der Waals surface area contributed by atoms with Gasteiger partial charge in [-0.15, -0.1) is 0 Å². The lowest BCUT2D eigenvalue weighted by Crippen LogP contribution is -2.32. The van der Waals surface area contributed by atoms with Crippen LogP contribution in [0.4, 0.5) is 0 Å². The molecule has 1 rings (SSSR count). The van der Waals surface area contributed by atoms with E-state index in [1.54, 1.807) is 4.68 Å². The van der Waals surface area contributed by atoms with Gasteiger partial charge in [-0.05, 0) is 20.8 Å². The molecule has 1 atom stereocenters. The lowest BCUT2D eigenvalue weighted by atomic mass is 10.1. The maximum Gasteiger partial charge on any atom is 0.0727 e. The number of rotatable bonds is 5. The number of nitrogens with zero attached hydrogens (tertiary/aromatic N) is 2. The number of ether oxygens (including phenoxy) is 1. The summed E-state index contributed by atoms with van der Waals surface area (Å²) >= 11 is 0. The molecular weight excluding hydrogens is 192 g/mol. The average Bonchev–Trinajstić information content (AvgIpc) is 2.46.